The second-order valence-electron chi connectivity index (χ2n) is 4.12. The molecule has 6 heteroatoms. The van der Waals surface area contributed by atoms with E-state index in [-0.39, 0.29) is 17.7 Å². The molecule has 1 amide bonds. The van der Waals surface area contributed by atoms with Gasteiger partial charge in [-0.15, -0.1) is 0 Å². The molecule has 1 aliphatic rings. The molecule has 98 valence electrons. The summed E-state index contributed by atoms with van der Waals surface area (Å²) in [6, 6.07) is 5.98. The third kappa shape index (κ3) is 2.69. The van der Waals surface area contributed by atoms with Gasteiger partial charge in [-0.2, -0.15) is 8.78 Å². The van der Waals surface area contributed by atoms with E-state index in [1.807, 2.05) is 0 Å². The highest BCUT2D eigenvalue weighted by Gasteiger charge is 2.29. The van der Waals surface area contributed by atoms with Crippen molar-refractivity contribution in [3.8, 4) is 5.75 Å². The summed E-state index contributed by atoms with van der Waals surface area (Å²) in [6.07, 6.45) is 0.651. The Labute approximate surface area is 104 Å². The van der Waals surface area contributed by atoms with Crippen LogP contribution < -0.4 is 10.1 Å². The molecule has 1 aromatic rings. The smallest absolute Gasteiger partial charge is 0.387 e. The van der Waals surface area contributed by atoms with E-state index in [4.69, 9.17) is 0 Å². The molecular formula is C12H14F2N2O2. The lowest BCUT2D eigenvalue weighted by molar-refractivity contribution is -0.127. The van der Waals surface area contributed by atoms with Crippen molar-refractivity contribution in [1.29, 1.82) is 0 Å². The minimum absolute atomic E-state index is 0.0400. The molecule has 1 N–H and O–H groups in total. The monoisotopic (exact) mass is 256 g/mol. The summed E-state index contributed by atoms with van der Waals surface area (Å²) in [6.45, 7) is -2.22. The van der Waals surface area contributed by atoms with Gasteiger partial charge in [-0.3, -0.25) is 4.79 Å². The Morgan fingerprint density at radius 2 is 2.17 bits per heavy atom. The Morgan fingerprint density at radius 3 is 2.78 bits per heavy atom. The third-order valence-electron chi connectivity index (χ3n) is 2.86. The standard InChI is InChI=1S/C12H14F2N2O2/c1-16-7-6-9(11(16)17)15-8-4-2-3-5-10(8)18-12(13)14/h2-5,9,12,15H,6-7H2,1H3. The van der Waals surface area contributed by atoms with Gasteiger partial charge in [0, 0.05) is 13.6 Å². The average Bonchev–Trinajstić information content (AvgIpc) is 2.63. The fourth-order valence-electron chi connectivity index (χ4n) is 1.93. The highest BCUT2D eigenvalue weighted by atomic mass is 19.3. The predicted octanol–water partition coefficient (Wildman–Crippen LogP) is 1.93. The molecule has 0 radical (unpaired) electrons. The van der Waals surface area contributed by atoms with Gasteiger partial charge in [0.1, 0.15) is 11.8 Å². The molecule has 1 saturated heterocycles. The van der Waals surface area contributed by atoms with Crippen LogP contribution in [0.25, 0.3) is 0 Å². The van der Waals surface area contributed by atoms with Crippen LogP contribution in [0.5, 0.6) is 5.75 Å². The van der Waals surface area contributed by atoms with E-state index in [0.717, 1.165) is 0 Å². The first-order valence-electron chi connectivity index (χ1n) is 5.63. The first-order valence-corrected chi connectivity index (χ1v) is 5.63. The number of carbonyl (C=O) groups excluding carboxylic acids is 1. The lowest BCUT2D eigenvalue weighted by Gasteiger charge is -2.16. The summed E-state index contributed by atoms with van der Waals surface area (Å²) in [5.74, 6) is 0.0108. The maximum absolute atomic E-state index is 12.2. The molecule has 1 atom stereocenters. The lowest BCUT2D eigenvalue weighted by Crippen LogP contribution is -2.31. The van der Waals surface area contributed by atoms with Gasteiger partial charge < -0.3 is 15.0 Å². The topological polar surface area (TPSA) is 41.6 Å². The first-order chi connectivity index (χ1) is 8.58. The average molecular weight is 256 g/mol. The largest absolute Gasteiger partial charge is 0.433 e. The van der Waals surface area contributed by atoms with Crippen LogP contribution in [-0.4, -0.2) is 37.1 Å². The normalized spacial score (nSPS) is 19.4. The molecule has 0 aliphatic carbocycles. The van der Waals surface area contributed by atoms with Crippen molar-refractivity contribution in [1.82, 2.24) is 4.90 Å². The van der Waals surface area contributed by atoms with Gasteiger partial charge in [0.05, 0.1) is 5.69 Å². The predicted molar refractivity (Wildman–Crippen MR) is 62.7 cm³/mol. The van der Waals surface area contributed by atoms with E-state index in [0.29, 0.717) is 18.7 Å². The van der Waals surface area contributed by atoms with Crippen LogP contribution in [0.2, 0.25) is 0 Å². The van der Waals surface area contributed by atoms with Crippen molar-refractivity contribution >= 4 is 11.6 Å². The molecule has 4 nitrogen and oxygen atoms in total. The molecule has 0 spiro atoms. The number of hydrogen-bond acceptors (Lipinski definition) is 3. The highest BCUT2D eigenvalue weighted by molar-refractivity contribution is 5.86. The van der Waals surface area contributed by atoms with Crippen LogP contribution in [0.3, 0.4) is 0 Å². The molecule has 1 fully saturated rings. The van der Waals surface area contributed by atoms with E-state index in [1.54, 1.807) is 30.1 Å². The molecule has 2 rings (SSSR count). The second kappa shape index (κ2) is 5.20. The number of alkyl halides is 2. The Morgan fingerprint density at radius 1 is 1.44 bits per heavy atom. The minimum atomic E-state index is -2.88. The van der Waals surface area contributed by atoms with Crippen molar-refractivity contribution in [3.63, 3.8) is 0 Å². The second-order valence-corrected chi connectivity index (χ2v) is 4.12. The zero-order valence-corrected chi connectivity index (χ0v) is 9.90. The molecule has 1 heterocycles. The van der Waals surface area contributed by atoms with Crippen LogP contribution in [0.15, 0.2) is 24.3 Å². The number of amides is 1. The summed E-state index contributed by atoms with van der Waals surface area (Å²) < 4.78 is 28.9. The lowest BCUT2D eigenvalue weighted by atomic mass is 10.2. The van der Waals surface area contributed by atoms with Crippen molar-refractivity contribution in [2.45, 2.75) is 19.1 Å². The van der Waals surface area contributed by atoms with E-state index < -0.39 is 6.61 Å². The summed E-state index contributed by atoms with van der Waals surface area (Å²) in [4.78, 5) is 13.3. The summed E-state index contributed by atoms with van der Waals surface area (Å²) in [5.41, 5.74) is 0.409. The van der Waals surface area contributed by atoms with Crippen molar-refractivity contribution in [3.05, 3.63) is 24.3 Å². The Kier molecular flexibility index (Phi) is 3.64. The zero-order valence-electron chi connectivity index (χ0n) is 9.90. The molecule has 1 aromatic carbocycles. The van der Waals surface area contributed by atoms with Crippen molar-refractivity contribution in [2.24, 2.45) is 0 Å². The first kappa shape index (κ1) is 12.6. The number of carbonyl (C=O) groups is 1. The van der Waals surface area contributed by atoms with E-state index in [1.165, 1.54) is 6.07 Å². The van der Waals surface area contributed by atoms with Gasteiger partial charge in [-0.25, -0.2) is 0 Å². The number of rotatable bonds is 4. The minimum Gasteiger partial charge on any atom is -0.433 e. The van der Waals surface area contributed by atoms with E-state index in [9.17, 15) is 13.6 Å². The van der Waals surface area contributed by atoms with Crippen LogP contribution >= 0.6 is 0 Å². The molecule has 1 unspecified atom stereocenters. The Bertz CT molecular complexity index is 440. The van der Waals surface area contributed by atoms with Gasteiger partial charge >= 0.3 is 6.61 Å². The number of nitrogens with zero attached hydrogens (tertiary/aromatic N) is 1. The van der Waals surface area contributed by atoms with Crippen LogP contribution in [0.1, 0.15) is 6.42 Å². The number of anilines is 1. The van der Waals surface area contributed by atoms with Crippen LogP contribution in [0.4, 0.5) is 14.5 Å². The number of hydrogen-bond donors (Lipinski definition) is 1. The van der Waals surface area contributed by atoms with Crippen LogP contribution in [0, 0.1) is 0 Å². The number of benzene rings is 1. The molecule has 18 heavy (non-hydrogen) atoms. The molecule has 1 aliphatic heterocycles. The van der Waals surface area contributed by atoms with E-state index in [2.05, 4.69) is 10.1 Å². The van der Waals surface area contributed by atoms with E-state index >= 15 is 0 Å². The Balaban J connectivity index is 2.11. The van der Waals surface area contributed by atoms with Gasteiger partial charge in [0.25, 0.3) is 0 Å². The fourth-order valence-corrected chi connectivity index (χ4v) is 1.93. The van der Waals surface area contributed by atoms with Gasteiger partial charge in [0.15, 0.2) is 0 Å². The van der Waals surface area contributed by atoms with Gasteiger partial charge in [-0.05, 0) is 18.6 Å². The molecule has 0 saturated carbocycles. The number of likely N-dealkylation sites (tertiary alicyclic amines) is 1. The highest BCUT2D eigenvalue weighted by Crippen LogP contribution is 2.27. The fraction of sp³-hybridized carbons (Fsp3) is 0.417. The molecule has 0 aromatic heterocycles. The van der Waals surface area contributed by atoms with Crippen molar-refractivity contribution in [2.75, 3.05) is 18.9 Å². The number of likely N-dealkylation sites (N-methyl/N-ethyl adjacent to an activating group) is 1. The molecule has 0 bridgehead atoms. The number of ether oxygens (including phenoxy) is 1. The van der Waals surface area contributed by atoms with Gasteiger partial charge in [-0.1, -0.05) is 12.1 Å². The third-order valence-corrected chi connectivity index (χ3v) is 2.86. The number of para-hydroxylation sites is 2. The summed E-state index contributed by atoms with van der Waals surface area (Å²) in [5, 5.41) is 2.95. The maximum Gasteiger partial charge on any atom is 0.387 e. The quantitative estimate of drug-likeness (QED) is 0.895. The maximum atomic E-state index is 12.2. The number of halogens is 2. The van der Waals surface area contributed by atoms with Gasteiger partial charge in [0.2, 0.25) is 5.91 Å². The summed E-state index contributed by atoms with van der Waals surface area (Å²) >= 11 is 0. The van der Waals surface area contributed by atoms with Crippen molar-refractivity contribution < 1.29 is 18.3 Å². The van der Waals surface area contributed by atoms with Crippen LogP contribution in [-0.2, 0) is 4.79 Å². The zero-order chi connectivity index (χ0) is 13.1. The Hall–Kier alpha value is -1.85. The molecular weight excluding hydrogens is 242 g/mol. The SMILES string of the molecule is CN1CCC(Nc2ccccc2OC(F)F)C1=O. The summed E-state index contributed by atoms with van der Waals surface area (Å²) in [7, 11) is 1.71. The number of nitrogens with one attached hydrogen (secondary N) is 1.